The minimum Gasteiger partial charge on any atom is -0.356 e. The molecule has 0 saturated carbocycles. The van der Waals surface area contributed by atoms with E-state index in [1.54, 1.807) is 11.3 Å². The second-order valence-corrected chi connectivity index (χ2v) is 8.82. The van der Waals surface area contributed by atoms with Crippen LogP contribution in [-0.2, 0) is 19.5 Å². The number of nitrogens with one attached hydrogen (secondary N) is 2. The van der Waals surface area contributed by atoms with Gasteiger partial charge in [0.1, 0.15) is 0 Å². The van der Waals surface area contributed by atoms with Crippen LogP contribution >= 0.6 is 35.3 Å². The summed E-state index contributed by atoms with van der Waals surface area (Å²) < 4.78 is 0. The molecule has 1 unspecified atom stereocenters. The van der Waals surface area contributed by atoms with E-state index in [0.717, 1.165) is 48.6 Å². The van der Waals surface area contributed by atoms with Crippen LogP contribution in [0.15, 0.2) is 34.6 Å². The summed E-state index contributed by atoms with van der Waals surface area (Å²) >= 11 is 1.70. The third-order valence-corrected chi connectivity index (χ3v) is 6.02. The predicted molar refractivity (Wildman–Crippen MR) is 134 cm³/mol. The fourth-order valence-corrected chi connectivity index (χ4v) is 4.34. The fraction of sp³-hybridized carbons (Fsp3) is 0.545. The number of aryl methyl sites for hydroxylation is 1. The Balaban J connectivity index is 0.00000300. The Morgan fingerprint density at radius 2 is 2.00 bits per heavy atom. The average molecular weight is 528 g/mol. The second-order valence-electron chi connectivity index (χ2n) is 7.76. The maximum atomic E-state index is 4.50. The van der Waals surface area contributed by atoms with Crippen molar-refractivity contribution in [2.24, 2.45) is 10.9 Å². The molecule has 3 rings (SSSR count). The van der Waals surface area contributed by atoms with Gasteiger partial charge in [-0.25, -0.2) is 4.98 Å². The van der Waals surface area contributed by atoms with Crippen molar-refractivity contribution in [3.8, 4) is 0 Å². The molecule has 0 amide bonds. The quantitative estimate of drug-likeness (QED) is 0.322. The minimum absolute atomic E-state index is 0. The number of nitrogens with zero attached hydrogens (tertiary/aromatic N) is 3. The van der Waals surface area contributed by atoms with Crippen molar-refractivity contribution in [2.45, 2.75) is 46.2 Å². The van der Waals surface area contributed by atoms with Gasteiger partial charge in [-0.2, -0.15) is 0 Å². The number of likely N-dealkylation sites (tertiary alicyclic amines) is 1. The van der Waals surface area contributed by atoms with Crippen molar-refractivity contribution >= 4 is 41.3 Å². The average Bonchev–Trinajstić information content (AvgIpc) is 3.11. The lowest BCUT2D eigenvalue weighted by Crippen LogP contribution is -2.37. The molecule has 2 aromatic rings. The van der Waals surface area contributed by atoms with Crippen molar-refractivity contribution in [3.05, 3.63) is 51.5 Å². The molecule has 0 aliphatic carbocycles. The lowest BCUT2D eigenvalue weighted by Gasteiger charge is -2.30. The summed E-state index contributed by atoms with van der Waals surface area (Å²) in [6.07, 6.45) is 3.62. The van der Waals surface area contributed by atoms with Crippen LogP contribution in [0.2, 0.25) is 0 Å². The Kier molecular flexibility index (Phi) is 10.4. The highest BCUT2D eigenvalue weighted by atomic mass is 127. The summed E-state index contributed by atoms with van der Waals surface area (Å²) in [4.78, 5) is 11.4. The number of piperidine rings is 1. The maximum absolute atomic E-state index is 4.50. The third-order valence-electron chi connectivity index (χ3n) is 5.19. The number of aromatic nitrogens is 1. The van der Waals surface area contributed by atoms with Crippen LogP contribution in [-0.4, -0.2) is 42.5 Å². The molecule has 7 heteroatoms. The first-order chi connectivity index (χ1) is 13.6. The van der Waals surface area contributed by atoms with Gasteiger partial charge in [0.05, 0.1) is 10.7 Å². The van der Waals surface area contributed by atoms with E-state index in [-0.39, 0.29) is 24.0 Å². The Morgan fingerprint density at radius 3 is 2.66 bits per heavy atom. The molecule has 0 radical (unpaired) electrons. The van der Waals surface area contributed by atoms with Gasteiger partial charge in [0, 0.05) is 45.0 Å². The van der Waals surface area contributed by atoms with E-state index in [0.29, 0.717) is 0 Å². The standard InChI is InChI=1S/C22H33N5S.HI/c1-17-5-4-12-27(14-17)15-20-8-6-19(7-9-20)13-25-22(23-3)24-11-10-21-16-28-18(2)26-21;/h6-9,16-17H,4-5,10-15H2,1-3H3,(H2,23,24,25);1H. The summed E-state index contributed by atoms with van der Waals surface area (Å²) in [7, 11) is 1.81. The first kappa shape index (κ1) is 24.1. The molecule has 0 bridgehead atoms. The molecule has 2 N–H and O–H groups in total. The Morgan fingerprint density at radius 1 is 1.24 bits per heavy atom. The molecule has 1 aromatic heterocycles. The van der Waals surface area contributed by atoms with E-state index in [4.69, 9.17) is 0 Å². The van der Waals surface area contributed by atoms with E-state index >= 15 is 0 Å². The van der Waals surface area contributed by atoms with E-state index in [9.17, 15) is 0 Å². The number of hydrogen-bond donors (Lipinski definition) is 2. The van der Waals surface area contributed by atoms with E-state index in [1.807, 2.05) is 14.0 Å². The topological polar surface area (TPSA) is 52.6 Å². The molecule has 1 aromatic carbocycles. The molecular weight excluding hydrogens is 493 g/mol. The zero-order chi connectivity index (χ0) is 19.8. The number of guanidine groups is 1. The first-order valence-electron chi connectivity index (χ1n) is 10.3. The van der Waals surface area contributed by atoms with Crippen LogP contribution in [0.5, 0.6) is 0 Å². The van der Waals surface area contributed by atoms with Crippen LogP contribution in [0.3, 0.4) is 0 Å². The largest absolute Gasteiger partial charge is 0.356 e. The van der Waals surface area contributed by atoms with Crippen molar-refractivity contribution in [1.82, 2.24) is 20.5 Å². The molecule has 5 nitrogen and oxygen atoms in total. The van der Waals surface area contributed by atoms with Gasteiger partial charge in [-0.1, -0.05) is 31.2 Å². The summed E-state index contributed by atoms with van der Waals surface area (Å²) in [6, 6.07) is 8.97. The smallest absolute Gasteiger partial charge is 0.191 e. The Bertz CT molecular complexity index is 759. The van der Waals surface area contributed by atoms with E-state index in [1.165, 1.54) is 37.1 Å². The summed E-state index contributed by atoms with van der Waals surface area (Å²) in [5.41, 5.74) is 3.82. The Labute approximate surface area is 196 Å². The van der Waals surface area contributed by atoms with Crippen molar-refractivity contribution in [3.63, 3.8) is 0 Å². The number of hydrogen-bond acceptors (Lipinski definition) is 4. The summed E-state index contributed by atoms with van der Waals surface area (Å²) in [5, 5.41) is 10.0. The molecule has 2 heterocycles. The zero-order valence-electron chi connectivity index (χ0n) is 17.8. The van der Waals surface area contributed by atoms with Crippen molar-refractivity contribution < 1.29 is 0 Å². The normalized spacial score (nSPS) is 17.6. The van der Waals surface area contributed by atoms with Crippen LogP contribution < -0.4 is 10.6 Å². The monoisotopic (exact) mass is 527 g/mol. The van der Waals surface area contributed by atoms with Gasteiger partial charge in [-0.15, -0.1) is 35.3 Å². The third kappa shape index (κ3) is 8.22. The number of thiazole rings is 1. The molecule has 29 heavy (non-hydrogen) atoms. The lowest BCUT2D eigenvalue weighted by molar-refractivity contribution is 0.176. The van der Waals surface area contributed by atoms with Crippen LogP contribution in [0.1, 0.15) is 41.6 Å². The molecular formula is C22H34IN5S. The van der Waals surface area contributed by atoms with Gasteiger partial charge < -0.3 is 10.6 Å². The van der Waals surface area contributed by atoms with E-state index in [2.05, 4.69) is 62.1 Å². The molecule has 1 atom stereocenters. The number of benzene rings is 1. The molecule has 1 aliphatic heterocycles. The SMILES string of the molecule is CN=C(NCCc1csc(C)n1)NCc1ccc(CN2CCCC(C)C2)cc1.I. The van der Waals surface area contributed by atoms with E-state index < -0.39 is 0 Å². The maximum Gasteiger partial charge on any atom is 0.191 e. The highest BCUT2D eigenvalue weighted by molar-refractivity contribution is 14.0. The minimum atomic E-state index is 0. The van der Waals surface area contributed by atoms with Gasteiger partial charge >= 0.3 is 0 Å². The Hall–Kier alpha value is -1.19. The lowest BCUT2D eigenvalue weighted by atomic mass is 9.99. The van der Waals surface area contributed by atoms with Crippen molar-refractivity contribution in [2.75, 3.05) is 26.7 Å². The van der Waals surface area contributed by atoms with Crippen LogP contribution in [0.25, 0.3) is 0 Å². The highest BCUT2D eigenvalue weighted by Crippen LogP contribution is 2.18. The fourth-order valence-electron chi connectivity index (χ4n) is 3.69. The van der Waals surface area contributed by atoms with Gasteiger partial charge in [-0.05, 0) is 43.4 Å². The molecule has 1 fully saturated rings. The van der Waals surface area contributed by atoms with Gasteiger partial charge in [-0.3, -0.25) is 9.89 Å². The number of rotatable bonds is 7. The highest BCUT2D eigenvalue weighted by Gasteiger charge is 2.16. The molecule has 160 valence electrons. The summed E-state index contributed by atoms with van der Waals surface area (Å²) in [5.74, 6) is 1.66. The van der Waals surface area contributed by atoms with Gasteiger partial charge in [0.2, 0.25) is 0 Å². The van der Waals surface area contributed by atoms with Crippen LogP contribution in [0.4, 0.5) is 0 Å². The second kappa shape index (κ2) is 12.5. The summed E-state index contributed by atoms with van der Waals surface area (Å²) in [6.45, 7) is 9.53. The predicted octanol–water partition coefficient (Wildman–Crippen LogP) is 4.21. The van der Waals surface area contributed by atoms with Gasteiger partial charge in [0.25, 0.3) is 0 Å². The molecule has 0 spiro atoms. The zero-order valence-corrected chi connectivity index (χ0v) is 20.9. The molecule has 1 aliphatic rings. The number of aliphatic imine (C=N–C) groups is 1. The molecule has 1 saturated heterocycles. The number of halogens is 1. The van der Waals surface area contributed by atoms with Crippen LogP contribution in [0, 0.1) is 12.8 Å². The van der Waals surface area contributed by atoms with Gasteiger partial charge in [0.15, 0.2) is 5.96 Å². The first-order valence-corrected chi connectivity index (χ1v) is 11.2. The van der Waals surface area contributed by atoms with Crippen molar-refractivity contribution in [1.29, 1.82) is 0 Å².